The largest absolute Gasteiger partial charge is 0.332 e. The van der Waals surface area contributed by atoms with Gasteiger partial charge < -0.3 is 4.98 Å². The van der Waals surface area contributed by atoms with Gasteiger partial charge >= 0.3 is 0 Å². The van der Waals surface area contributed by atoms with Gasteiger partial charge in [-0.1, -0.05) is 11.3 Å². The van der Waals surface area contributed by atoms with Gasteiger partial charge in [-0.05, 0) is 6.92 Å². The average molecular weight is 245 g/mol. The zero-order valence-electron chi connectivity index (χ0n) is 7.63. The average Bonchev–Trinajstić information content (AvgIpc) is 2.75. The Morgan fingerprint density at radius 1 is 1.53 bits per heavy atom. The van der Waals surface area contributed by atoms with Crippen LogP contribution in [0.15, 0.2) is 16.7 Å². The molecule has 0 saturated heterocycles. The highest BCUT2D eigenvalue weighted by Crippen LogP contribution is 2.14. The maximum Gasteiger partial charge on any atom is 0.280 e. The molecule has 0 aliphatic heterocycles. The molecular weight excluding hydrogens is 238 g/mol. The maximum absolute atomic E-state index is 11.7. The molecule has 2 N–H and O–H groups in total. The summed E-state index contributed by atoms with van der Waals surface area (Å²) in [5, 5.41) is 7.33. The normalized spacial score (nSPS) is 11.5. The molecule has 80 valence electrons. The van der Waals surface area contributed by atoms with Crippen molar-refractivity contribution in [2.45, 2.75) is 11.9 Å². The van der Waals surface area contributed by atoms with E-state index in [0.717, 1.165) is 11.3 Å². The summed E-state index contributed by atoms with van der Waals surface area (Å²) in [6.07, 6.45) is 1.25. The number of nitrogens with one attached hydrogen (secondary N) is 2. The lowest BCUT2D eigenvalue weighted by molar-refractivity contribution is 0.598. The van der Waals surface area contributed by atoms with Crippen molar-refractivity contribution in [3.8, 4) is 0 Å². The van der Waals surface area contributed by atoms with Crippen LogP contribution < -0.4 is 4.72 Å². The predicted octanol–water partition coefficient (Wildman–Crippen LogP) is 0.370. The molecule has 0 saturated carbocycles. The lowest BCUT2D eigenvalue weighted by Gasteiger charge is -2.00. The van der Waals surface area contributed by atoms with Gasteiger partial charge in [0.1, 0.15) is 11.3 Å². The third-order valence-electron chi connectivity index (χ3n) is 1.55. The highest BCUT2D eigenvalue weighted by molar-refractivity contribution is 7.92. The summed E-state index contributed by atoms with van der Waals surface area (Å²) >= 11 is 1.10. The standard InChI is InChI=1S/C6H7N5O2S2/c1-4-7-2-5(9-4)15(12,13)11-6-10-8-3-14-6/h2-3H,1H3,(H,7,9)(H,10,11). The molecule has 0 atom stereocenters. The second-order valence-corrected chi connectivity index (χ2v) is 5.17. The van der Waals surface area contributed by atoms with Crippen LogP contribution in [0.2, 0.25) is 0 Å². The van der Waals surface area contributed by atoms with Crippen molar-refractivity contribution in [1.29, 1.82) is 0 Å². The molecule has 0 unspecified atom stereocenters. The number of hydrogen-bond acceptors (Lipinski definition) is 6. The number of nitrogens with zero attached hydrogens (tertiary/aromatic N) is 3. The topological polar surface area (TPSA) is 101 Å². The summed E-state index contributed by atoms with van der Waals surface area (Å²) in [6.45, 7) is 1.67. The van der Waals surface area contributed by atoms with E-state index in [-0.39, 0.29) is 10.2 Å². The fourth-order valence-electron chi connectivity index (χ4n) is 0.922. The summed E-state index contributed by atoms with van der Waals surface area (Å²) in [7, 11) is -3.62. The minimum Gasteiger partial charge on any atom is -0.332 e. The first-order valence-electron chi connectivity index (χ1n) is 3.88. The third kappa shape index (κ3) is 2.13. The van der Waals surface area contributed by atoms with Crippen molar-refractivity contribution in [2.75, 3.05) is 4.72 Å². The molecule has 9 heteroatoms. The fourth-order valence-corrected chi connectivity index (χ4v) is 2.59. The first-order valence-corrected chi connectivity index (χ1v) is 6.25. The van der Waals surface area contributed by atoms with Gasteiger partial charge in [0.15, 0.2) is 5.03 Å². The molecule has 7 nitrogen and oxygen atoms in total. The highest BCUT2D eigenvalue weighted by atomic mass is 32.2. The molecule has 2 aromatic rings. The molecule has 2 aromatic heterocycles. The van der Waals surface area contributed by atoms with Crippen molar-refractivity contribution in [1.82, 2.24) is 20.2 Å². The van der Waals surface area contributed by atoms with E-state index < -0.39 is 10.0 Å². The number of rotatable bonds is 3. The molecule has 0 amide bonds. The van der Waals surface area contributed by atoms with Crippen LogP contribution >= 0.6 is 11.3 Å². The number of H-pyrrole nitrogens is 1. The Kier molecular flexibility index (Phi) is 2.40. The Morgan fingerprint density at radius 2 is 2.33 bits per heavy atom. The Labute approximate surface area is 89.6 Å². The van der Waals surface area contributed by atoms with E-state index >= 15 is 0 Å². The quantitative estimate of drug-likeness (QED) is 0.813. The maximum atomic E-state index is 11.7. The summed E-state index contributed by atoms with van der Waals surface area (Å²) < 4.78 is 25.6. The van der Waals surface area contributed by atoms with E-state index in [1.54, 1.807) is 6.92 Å². The molecule has 0 fully saturated rings. The van der Waals surface area contributed by atoms with Gasteiger partial charge in [-0.3, -0.25) is 4.72 Å². The Bertz CT molecular complexity index is 544. The second-order valence-electron chi connectivity index (χ2n) is 2.68. The number of imidazole rings is 1. The minimum atomic E-state index is -3.62. The van der Waals surface area contributed by atoms with Gasteiger partial charge in [-0.25, -0.2) is 4.98 Å². The van der Waals surface area contributed by atoms with E-state index in [4.69, 9.17) is 0 Å². The Hall–Kier alpha value is -1.48. The van der Waals surface area contributed by atoms with Gasteiger partial charge in [-0.2, -0.15) is 8.42 Å². The molecule has 0 aromatic carbocycles. The molecule has 0 aliphatic rings. The van der Waals surface area contributed by atoms with Crippen LogP contribution in [0.5, 0.6) is 0 Å². The van der Waals surface area contributed by atoms with Gasteiger partial charge in [0, 0.05) is 0 Å². The number of sulfonamides is 1. The molecule has 0 aliphatic carbocycles. The monoisotopic (exact) mass is 245 g/mol. The SMILES string of the molecule is Cc1ncc(S(=O)(=O)Nc2nncs2)[nH]1. The van der Waals surface area contributed by atoms with E-state index in [1.807, 2.05) is 0 Å². The Morgan fingerprint density at radius 3 is 2.87 bits per heavy atom. The predicted molar refractivity (Wildman–Crippen MR) is 54.0 cm³/mol. The molecule has 0 radical (unpaired) electrons. The summed E-state index contributed by atoms with van der Waals surface area (Å²) in [5.41, 5.74) is 1.44. The van der Waals surface area contributed by atoms with E-state index in [1.165, 1.54) is 11.7 Å². The van der Waals surface area contributed by atoms with E-state index in [2.05, 4.69) is 24.9 Å². The van der Waals surface area contributed by atoms with Crippen molar-refractivity contribution in [3.63, 3.8) is 0 Å². The van der Waals surface area contributed by atoms with Crippen molar-refractivity contribution in [3.05, 3.63) is 17.5 Å². The molecule has 2 rings (SSSR count). The second kappa shape index (κ2) is 3.59. The van der Waals surface area contributed by atoms with Crippen LogP contribution in [0.3, 0.4) is 0 Å². The van der Waals surface area contributed by atoms with Crippen molar-refractivity contribution in [2.24, 2.45) is 0 Å². The smallest absolute Gasteiger partial charge is 0.280 e. The van der Waals surface area contributed by atoms with Crippen LogP contribution in [0.4, 0.5) is 5.13 Å². The zero-order chi connectivity index (χ0) is 10.9. The number of aryl methyl sites for hydroxylation is 1. The number of hydrogen-bond donors (Lipinski definition) is 2. The summed E-state index contributed by atoms with van der Waals surface area (Å²) in [6, 6.07) is 0. The van der Waals surface area contributed by atoms with Gasteiger partial charge in [-0.15, -0.1) is 10.2 Å². The van der Waals surface area contributed by atoms with Crippen LogP contribution in [0, 0.1) is 6.92 Å². The third-order valence-corrected chi connectivity index (χ3v) is 3.54. The van der Waals surface area contributed by atoms with Gasteiger partial charge in [0.25, 0.3) is 10.0 Å². The first-order chi connectivity index (χ1) is 7.08. The Balaban J connectivity index is 2.28. The fraction of sp³-hybridized carbons (Fsp3) is 0.167. The molecule has 2 heterocycles. The lowest BCUT2D eigenvalue weighted by atomic mass is 10.8. The number of anilines is 1. The highest BCUT2D eigenvalue weighted by Gasteiger charge is 2.17. The molecular formula is C6H7N5O2S2. The van der Waals surface area contributed by atoms with Crippen molar-refractivity contribution < 1.29 is 8.42 Å². The van der Waals surface area contributed by atoms with Crippen LogP contribution in [-0.4, -0.2) is 28.6 Å². The number of aromatic nitrogens is 4. The number of aromatic amines is 1. The summed E-state index contributed by atoms with van der Waals surface area (Å²) in [5.74, 6) is 0.535. The van der Waals surface area contributed by atoms with Crippen LogP contribution in [0.25, 0.3) is 0 Å². The van der Waals surface area contributed by atoms with Crippen molar-refractivity contribution >= 4 is 26.5 Å². The van der Waals surface area contributed by atoms with Gasteiger partial charge in [0.2, 0.25) is 5.13 Å². The summed E-state index contributed by atoms with van der Waals surface area (Å²) in [4.78, 5) is 6.43. The molecule has 0 bridgehead atoms. The zero-order valence-corrected chi connectivity index (χ0v) is 9.26. The molecule has 0 spiro atoms. The molecule has 15 heavy (non-hydrogen) atoms. The van der Waals surface area contributed by atoms with Gasteiger partial charge in [0.05, 0.1) is 6.20 Å². The first kappa shape index (κ1) is 10.1. The van der Waals surface area contributed by atoms with E-state index in [0.29, 0.717) is 5.82 Å². The lowest BCUT2D eigenvalue weighted by Crippen LogP contribution is -2.13. The van der Waals surface area contributed by atoms with Crippen LogP contribution in [0.1, 0.15) is 5.82 Å². The minimum absolute atomic E-state index is 0.00944. The van der Waals surface area contributed by atoms with Crippen LogP contribution in [-0.2, 0) is 10.0 Å². The van der Waals surface area contributed by atoms with E-state index in [9.17, 15) is 8.42 Å².